The minimum absolute atomic E-state index is 0.0571. The highest BCUT2D eigenvalue weighted by Crippen LogP contribution is 2.02. The zero-order valence-corrected chi connectivity index (χ0v) is 11.4. The van der Waals surface area contributed by atoms with Crippen molar-refractivity contribution >= 4 is 29.4 Å². The lowest BCUT2D eigenvalue weighted by Gasteiger charge is -2.24. The molecule has 0 saturated carbocycles. The quantitative estimate of drug-likeness (QED) is 0.452. The van der Waals surface area contributed by atoms with E-state index in [0.29, 0.717) is 0 Å². The first kappa shape index (κ1) is 17.7. The second-order valence-electron chi connectivity index (χ2n) is 3.88. The fourth-order valence-electron chi connectivity index (χ4n) is 1.31. The van der Waals surface area contributed by atoms with E-state index < -0.39 is 23.9 Å². The Kier molecular flexibility index (Phi) is 8.90. The molecular weight excluding hydrogens is 278 g/mol. The summed E-state index contributed by atoms with van der Waals surface area (Å²) in [4.78, 5) is 33.9. The van der Waals surface area contributed by atoms with Gasteiger partial charge in [-0.2, -0.15) is 0 Å². The van der Waals surface area contributed by atoms with E-state index in [1.54, 1.807) is 0 Å². The minimum Gasteiger partial charge on any atom is -0.481 e. The normalized spacial score (nSPS) is 11.7. The number of esters is 1. The van der Waals surface area contributed by atoms with Gasteiger partial charge in [-0.25, -0.2) is 0 Å². The van der Waals surface area contributed by atoms with Crippen LogP contribution < -0.4 is 0 Å². The predicted molar refractivity (Wildman–Crippen MR) is 66.8 cm³/mol. The van der Waals surface area contributed by atoms with Gasteiger partial charge in [-0.05, 0) is 0 Å². The maximum absolute atomic E-state index is 11.7. The number of nitrogens with zero attached hydrogens (tertiary/aromatic N) is 1. The van der Waals surface area contributed by atoms with Crippen molar-refractivity contribution in [3.8, 4) is 0 Å². The number of aliphatic hydroxyl groups is 1. The van der Waals surface area contributed by atoms with Crippen LogP contribution in [0.3, 0.4) is 0 Å². The number of ether oxygens (including phenoxy) is 1. The molecule has 0 aromatic carbocycles. The standard InChI is InChI=1S/C11H18ClNO6/c1-8(14)19-7-9(15)6-13(5-4-12)10(16)2-3-11(17)18/h9,15H,2-7H2,1H3,(H,17,18). The number of aliphatic hydroxyl groups excluding tert-OH is 1. The molecule has 0 spiro atoms. The Hall–Kier alpha value is -1.34. The number of hydrogen-bond acceptors (Lipinski definition) is 5. The Labute approximate surface area is 116 Å². The molecule has 0 aromatic heterocycles. The van der Waals surface area contributed by atoms with Crippen LogP contribution in [0, 0.1) is 0 Å². The lowest BCUT2D eigenvalue weighted by molar-refractivity contribution is -0.145. The van der Waals surface area contributed by atoms with Gasteiger partial charge in [0.05, 0.1) is 6.42 Å². The summed E-state index contributed by atoms with van der Waals surface area (Å²) in [5.41, 5.74) is 0. The summed E-state index contributed by atoms with van der Waals surface area (Å²) in [5, 5.41) is 18.1. The van der Waals surface area contributed by atoms with Crippen molar-refractivity contribution in [2.75, 3.05) is 25.6 Å². The third-order valence-corrected chi connectivity index (χ3v) is 2.34. The van der Waals surface area contributed by atoms with Gasteiger partial charge in [-0.1, -0.05) is 0 Å². The van der Waals surface area contributed by atoms with Gasteiger partial charge in [0.25, 0.3) is 0 Å². The van der Waals surface area contributed by atoms with E-state index in [1.807, 2.05) is 0 Å². The fourth-order valence-corrected chi connectivity index (χ4v) is 1.52. The summed E-state index contributed by atoms with van der Waals surface area (Å²) in [7, 11) is 0. The molecule has 2 N–H and O–H groups in total. The van der Waals surface area contributed by atoms with Gasteiger partial charge >= 0.3 is 11.9 Å². The van der Waals surface area contributed by atoms with Gasteiger partial charge in [0.1, 0.15) is 12.7 Å². The maximum Gasteiger partial charge on any atom is 0.303 e. The Bertz CT molecular complexity index is 322. The SMILES string of the molecule is CC(=O)OCC(O)CN(CCCl)C(=O)CCC(=O)O. The molecular formula is C11H18ClNO6. The van der Waals surface area contributed by atoms with Crippen LogP contribution in [0.25, 0.3) is 0 Å². The van der Waals surface area contributed by atoms with E-state index in [-0.39, 0.29) is 38.4 Å². The average Bonchev–Trinajstić information content (AvgIpc) is 2.32. The van der Waals surface area contributed by atoms with Crippen LogP contribution in [-0.2, 0) is 19.1 Å². The van der Waals surface area contributed by atoms with Gasteiger partial charge in [-0.15, -0.1) is 11.6 Å². The molecule has 1 unspecified atom stereocenters. The first-order valence-electron chi connectivity index (χ1n) is 5.73. The maximum atomic E-state index is 11.7. The monoisotopic (exact) mass is 295 g/mol. The first-order chi connectivity index (χ1) is 8.86. The third kappa shape index (κ3) is 9.26. The third-order valence-electron chi connectivity index (χ3n) is 2.17. The molecule has 0 aliphatic carbocycles. The zero-order chi connectivity index (χ0) is 14.8. The van der Waals surface area contributed by atoms with Crippen LogP contribution in [0.2, 0.25) is 0 Å². The summed E-state index contributed by atoms with van der Waals surface area (Å²) in [5.74, 6) is -1.84. The van der Waals surface area contributed by atoms with E-state index in [4.69, 9.17) is 16.7 Å². The summed E-state index contributed by atoms with van der Waals surface area (Å²) in [6, 6.07) is 0. The summed E-state index contributed by atoms with van der Waals surface area (Å²) in [6.45, 7) is 1.12. The molecule has 19 heavy (non-hydrogen) atoms. The van der Waals surface area contributed by atoms with Gasteiger partial charge in [0.15, 0.2) is 0 Å². The molecule has 1 amide bonds. The van der Waals surface area contributed by atoms with Crippen molar-refractivity contribution in [2.24, 2.45) is 0 Å². The Morgan fingerprint density at radius 3 is 2.42 bits per heavy atom. The van der Waals surface area contributed by atoms with Gasteiger partial charge in [-0.3, -0.25) is 14.4 Å². The first-order valence-corrected chi connectivity index (χ1v) is 6.27. The molecule has 0 heterocycles. The number of hydrogen-bond donors (Lipinski definition) is 2. The average molecular weight is 296 g/mol. The molecule has 0 fully saturated rings. The minimum atomic E-state index is -1.07. The number of carboxylic acid groups (broad SMARTS) is 1. The molecule has 0 aromatic rings. The number of carbonyl (C=O) groups is 3. The summed E-state index contributed by atoms with van der Waals surface area (Å²) in [6.07, 6.45) is -1.47. The molecule has 8 heteroatoms. The number of rotatable bonds is 9. The van der Waals surface area contributed by atoms with Crippen LogP contribution in [0.4, 0.5) is 0 Å². The second-order valence-corrected chi connectivity index (χ2v) is 4.26. The van der Waals surface area contributed by atoms with Gasteiger partial charge in [0, 0.05) is 32.3 Å². The Morgan fingerprint density at radius 1 is 1.32 bits per heavy atom. The highest BCUT2D eigenvalue weighted by Gasteiger charge is 2.18. The van der Waals surface area contributed by atoms with Crippen molar-refractivity contribution in [1.29, 1.82) is 0 Å². The number of carboxylic acids is 1. The Balaban J connectivity index is 4.25. The van der Waals surface area contributed by atoms with Crippen molar-refractivity contribution in [3.63, 3.8) is 0 Å². The summed E-state index contributed by atoms with van der Waals surface area (Å²) >= 11 is 5.54. The Morgan fingerprint density at radius 2 is 1.95 bits per heavy atom. The van der Waals surface area contributed by atoms with Crippen molar-refractivity contribution in [3.05, 3.63) is 0 Å². The molecule has 110 valence electrons. The second kappa shape index (κ2) is 9.57. The van der Waals surface area contributed by atoms with Crippen LogP contribution in [0.15, 0.2) is 0 Å². The number of alkyl halides is 1. The van der Waals surface area contributed by atoms with Crippen molar-refractivity contribution in [2.45, 2.75) is 25.9 Å². The van der Waals surface area contributed by atoms with Crippen molar-refractivity contribution < 1.29 is 29.3 Å². The smallest absolute Gasteiger partial charge is 0.303 e. The molecule has 0 aliphatic rings. The molecule has 0 bridgehead atoms. The lowest BCUT2D eigenvalue weighted by Crippen LogP contribution is -2.40. The number of amides is 1. The molecule has 1 atom stereocenters. The van der Waals surface area contributed by atoms with Crippen LogP contribution in [0.1, 0.15) is 19.8 Å². The topological polar surface area (TPSA) is 104 Å². The van der Waals surface area contributed by atoms with Gasteiger partial charge in [0.2, 0.25) is 5.91 Å². The highest BCUT2D eigenvalue weighted by molar-refractivity contribution is 6.18. The fraction of sp³-hybridized carbons (Fsp3) is 0.727. The predicted octanol–water partition coefficient (Wildman–Crippen LogP) is -0.157. The van der Waals surface area contributed by atoms with E-state index in [9.17, 15) is 19.5 Å². The molecule has 0 aliphatic heterocycles. The van der Waals surface area contributed by atoms with E-state index in [1.165, 1.54) is 11.8 Å². The van der Waals surface area contributed by atoms with E-state index >= 15 is 0 Å². The zero-order valence-electron chi connectivity index (χ0n) is 10.7. The van der Waals surface area contributed by atoms with Crippen molar-refractivity contribution in [1.82, 2.24) is 4.90 Å². The molecule has 0 radical (unpaired) electrons. The van der Waals surface area contributed by atoms with E-state index in [2.05, 4.69) is 4.74 Å². The lowest BCUT2D eigenvalue weighted by atomic mass is 10.2. The molecule has 0 saturated heterocycles. The largest absolute Gasteiger partial charge is 0.481 e. The molecule has 7 nitrogen and oxygen atoms in total. The highest BCUT2D eigenvalue weighted by atomic mass is 35.5. The molecule has 0 rings (SSSR count). The number of carbonyl (C=O) groups excluding carboxylic acids is 2. The van der Waals surface area contributed by atoms with Crippen LogP contribution >= 0.6 is 11.6 Å². The van der Waals surface area contributed by atoms with Crippen LogP contribution in [-0.4, -0.2) is 64.6 Å². The van der Waals surface area contributed by atoms with Crippen LogP contribution in [0.5, 0.6) is 0 Å². The number of aliphatic carboxylic acids is 1. The summed E-state index contributed by atoms with van der Waals surface area (Å²) < 4.78 is 4.61. The van der Waals surface area contributed by atoms with Gasteiger partial charge < -0.3 is 19.8 Å². The number of halogens is 1. The van der Waals surface area contributed by atoms with E-state index in [0.717, 1.165) is 0 Å².